The fraction of sp³-hybridized carbons (Fsp3) is 0.714. The van der Waals surface area contributed by atoms with E-state index in [0.29, 0.717) is 19.7 Å². The fourth-order valence-electron chi connectivity index (χ4n) is 2.63. The van der Waals surface area contributed by atoms with Gasteiger partial charge in [-0.2, -0.15) is 0 Å². The monoisotopic (exact) mass is 284 g/mol. The molecule has 1 aliphatic rings. The average molecular weight is 284 g/mol. The molecular weight excluding hydrogens is 260 g/mol. The number of ether oxygens (including phenoxy) is 1. The Hall–Kier alpha value is -1.56. The summed E-state index contributed by atoms with van der Waals surface area (Å²) in [5.41, 5.74) is -0.602. The van der Waals surface area contributed by atoms with Crippen molar-refractivity contribution in [3.8, 4) is 0 Å². The lowest BCUT2D eigenvalue weighted by atomic mass is 9.93. The molecule has 0 aromatic rings. The molecule has 0 radical (unpaired) electrons. The first-order valence-corrected chi connectivity index (χ1v) is 6.92. The van der Waals surface area contributed by atoms with E-state index >= 15 is 0 Å². The van der Waals surface area contributed by atoms with Crippen LogP contribution in [0.15, 0.2) is 12.7 Å². The van der Waals surface area contributed by atoms with Gasteiger partial charge in [0.1, 0.15) is 0 Å². The van der Waals surface area contributed by atoms with Crippen LogP contribution in [-0.4, -0.2) is 54.4 Å². The summed E-state index contributed by atoms with van der Waals surface area (Å²) in [6.07, 6.45) is 4.97. The second-order valence-corrected chi connectivity index (χ2v) is 5.22. The van der Waals surface area contributed by atoms with E-state index in [0.717, 1.165) is 25.7 Å². The maximum atomic E-state index is 12.3. The number of carbonyl (C=O) groups is 2. The van der Waals surface area contributed by atoms with Gasteiger partial charge in [-0.05, 0) is 12.8 Å². The van der Waals surface area contributed by atoms with Gasteiger partial charge in [0, 0.05) is 20.2 Å². The number of amides is 2. The van der Waals surface area contributed by atoms with Crippen LogP contribution >= 0.6 is 0 Å². The number of carboxylic acid groups (broad SMARTS) is 1. The Morgan fingerprint density at radius 1 is 1.45 bits per heavy atom. The summed E-state index contributed by atoms with van der Waals surface area (Å²) < 4.78 is 4.98. The van der Waals surface area contributed by atoms with Crippen LogP contribution in [0.2, 0.25) is 0 Å². The first-order chi connectivity index (χ1) is 9.53. The third kappa shape index (κ3) is 4.85. The number of carboxylic acids is 1. The summed E-state index contributed by atoms with van der Waals surface area (Å²) >= 11 is 0. The van der Waals surface area contributed by atoms with Gasteiger partial charge < -0.3 is 20.1 Å². The zero-order valence-electron chi connectivity index (χ0n) is 12.1. The Morgan fingerprint density at radius 3 is 2.60 bits per heavy atom. The van der Waals surface area contributed by atoms with Gasteiger partial charge in [-0.25, -0.2) is 4.79 Å². The van der Waals surface area contributed by atoms with Gasteiger partial charge >= 0.3 is 12.0 Å². The number of aliphatic carboxylic acids is 1. The molecule has 0 aromatic heterocycles. The van der Waals surface area contributed by atoms with Crippen molar-refractivity contribution in [1.29, 1.82) is 0 Å². The van der Waals surface area contributed by atoms with Crippen molar-refractivity contribution >= 4 is 12.0 Å². The molecule has 0 aliphatic heterocycles. The van der Waals surface area contributed by atoms with E-state index in [1.807, 2.05) is 0 Å². The zero-order valence-corrected chi connectivity index (χ0v) is 12.1. The third-order valence-corrected chi connectivity index (χ3v) is 3.62. The van der Waals surface area contributed by atoms with Crippen molar-refractivity contribution < 1.29 is 19.4 Å². The molecule has 0 unspecified atom stereocenters. The van der Waals surface area contributed by atoms with Crippen molar-refractivity contribution in [2.45, 2.75) is 37.6 Å². The molecule has 0 heterocycles. The molecule has 0 aromatic carbocycles. The highest BCUT2D eigenvalue weighted by Crippen LogP contribution is 2.32. The Labute approximate surface area is 119 Å². The van der Waals surface area contributed by atoms with Gasteiger partial charge in [-0.3, -0.25) is 4.79 Å². The van der Waals surface area contributed by atoms with E-state index < -0.39 is 11.5 Å². The number of hydrogen-bond acceptors (Lipinski definition) is 3. The van der Waals surface area contributed by atoms with Gasteiger partial charge in [0.25, 0.3) is 0 Å². The maximum Gasteiger partial charge on any atom is 0.318 e. The number of urea groups is 1. The smallest absolute Gasteiger partial charge is 0.318 e. The minimum Gasteiger partial charge on any atom is -0.481 e. The lowest BCUT2D eigenvalue weighted by molar-refractivity contribution is -0.138. The van der Waals surface area contributed by atoms with Crippen LogP contribution < -0.4 is 5.32 Å². The Balaban J connectivity index is 2.67. The molecule has 20 heavy (non-hydrogen) atoms. The lowest BCUT2D eigenvalue weighted by Gasteiger charge is -2.32. The Kier molecular flexibility index (Phi) is 6.51. The highest BCUT2D eigenvalue weighted by atomic mass is 16.5. The normalized spacial score (nSPS) is 16.6. The minimum atomic E-state index is -0.876. The molecular formula is C14H24N2O4. The molecule has 0 atom stereocenters. The molecule has 1 saturated carbocycles. The fourth-order valence-corrected chi connectivity index (χ4v) is 2.63. The summed E-state index contributed by atoms with van der Waals surface area (Å²) in [5.74, 6) is -0.876. The second-order valence-electron chi connectivity index (χ2n) is 5.22. The van der Waals surface area contributed by atoms with E-state index in [9.17, 15) is 9.59 Å². The predicted octanol–water partition coefficient (Wildman–Crippen LogP) is 1.62. The summed E-state index contributed by atoms with van der Waals surface area (Å²) in [7, 11) is 1.58. The van der Waals surface area contributed by atoms with Crippen molar-refractivity contribution in [3.63, 3.8) is 0 Å². The van der Waals surface area contributed by atoms with Crippen LogP contribution in [0.5, 0.6) is 0 Å². The highest BCUT2D eigenvalue weighted by Gasteiger charge is 2.38. The number of nitrogens with zero attached hydrogens (tertiary/aromatic N) is 1. The molecule has 1 aliphatic carbocycles. The standard InChI is InChI=1S/C14H24N2O4/c1-3-8-16(9-10-20-2)13(19)15-14(11-12(17)18)6-4-5-7-14/h3H,1,4-11H2,2H3,(H,15,19)(H,17,18). The predicted molar refractivity (Wildman–Crippen MR) is 75.6 cm³/mol. The molecule has 1 rings (SSSR count). The lowest BCUT2D eigenvalue weighted by Crippen LogP contribution is -2.53. The summed E-state index contributed by atoms with van der Waals surface area (Å²) in [6.45, 7) is 4.94. The summed E-state index contributed by atoms with van der Waals surface area (Å²) in [5, 5.41) is 12.0. The van der Waals surface area contributed by atoms with Gasteiger partial charge in [-0.1, -0.05) is 18.9 Å². The molecule has 1 fully saturated rings. The van der Waals surface area contributed by atoms with Gasteiger partial charge in [-0.15, -0.1) is 6.58 Å². The van der Waals surface area contributed by atoms with Crippen LogP contribution in [0.4, 0.5) is 4.79 Å². The highest BCUT2D eigenvalue weighted by molar-refractivity contribution is 5.77. The third-order valence-electron chi connectivity index (χ3n) is 3.62. The van der Waals surface area contributed by atoms with Crippen LogP contribution in [0, 0.1) is 0 Å². The molecule has 114 valence electrons. The van der Waals surface area contributed by atoms with Crippen LogP contribution in [-0.2, 0) is 9.53 Å². The molecule has 0 saturated heterocycles. The number of carbonyl (C=O) groups excluding carboxylic acids is 1. The average Bonchev–Trinajstić information content (AvgIpc) is 2.81. The van der Waals surface area contributed by atoms with E-state index in [-0.39, 0.29) is 12.5 Å². The van der Waals surface area contributed by atoms with Crippen molar-refractivity contribution in [3.05, 3.63) is 12.7 Å². The summed E-state index contributed by atoms with van der Waals surface area (Å²) in [6, 6.07) is -0.245. The molecule has 0 spiro atoms. The minimum absolute atomic E-state index is 0.0229. The topological polar surface area (TPSA) is 78.9 Å². The SMILES string of the molecule is C=CCN(CCOC)C(=O)NC1(CC(=O)O)CCCC1. The van der Waals surface area contributed by atoms with Crippen LogP contribution in [0.25, 0.3) is 0 Å². The number of methoxy groups -OCH3 is 1. The molecule has 2 amide bonds. The largest absolute Gasteiger partial charge is 0.481 e. The number of rotatable bonds is 8. The first kappa shape index (κ1) is 16.5. The quantitative estimate of drug-likeness (QED) is 0.664. The zero-order chi connectivity index (χ0) is 15.0. The Morgan fingerprint density at radius 2 is 2.10 bits per heavy atom. The number of nitrogens with one attached hydrogen (secondary N) is 1. The molecule has 6 heteroatoms. The molecule has 6 nitrogen and oxygen atoms in total. The van der Waals surface area contributed by atoms with Gasteiger partial charge in [0.2, 0.25) is 0 Å². The number of hydrogen-bond donors (Lipinski definition) is 2. The Bertz CT molecular complexity index is 351. The van der Waals surface area contributed by atoms with E-state index in [1.165, 1.54) is 0 Å². The van der Waals surface area contributed by atoms with Gasteiger partial charge in [0.15, 0.2) is 0 Å². The maximum absolute atomic E-state index is 12.3. The molecule has 0 bridgehead atoms. The van der Waals surface area contributed by atoms with Gasteiger partial charge in [0.05, 0.1) is 18.6 Å². The van der Waals surface area contributed by atoms with Crippen molar-refractivity contribution in [2.24, 2.45) is 0 Å². The van der Waals surface area contributed by atoms with E-state index in [4.69, 9.17) is 9.84 Å². The first-order valence-electron chi connectivity index (χ1n) is 6.92. The van der Waals surface area contributed by atoms with Crippen LogP contribution in [0.3, 0.4) is 0 Å². The summed E-state index contributed by atoms with van der Waals surface area (Å²) in [4.78, 5) is 24.9. The second kappa shape index (κ2) is 7.89. The van der Waals surface area contributed by atoms with Crippen LogP contribution in [0.1, 0.15) is 32.1 Å². The molecule has 2 N–H and O–H groups in total. The van der Waals surface area contributed by atoms with E-state index in [1.54, 1.807) is 18.1 Å². The van der Waals surface area contributed by atoms with E-state index in [2.05, 4.69) is 11.9 Å². The van der Waals surface area contributed by atoms with Crippen molar-refractivity contribution in [2.75, 3.05) is 26.8 Å². The van der Waals surface area contributed by atoms with Crippen molar-refractivity contribution in [1.82, 2.24) is 10.2 Å².